The van der Waals surface area contributed by atoms with Crippen LogP contribution in [0, 0.1) is 5.92 Å². The van der Waals surface area contributed by atoms with E-state index in [0.29, 0.717) is 30.7 Å². The van der Waals surface area contributed by atoms with E-state index < -0.39 is 0 Å². The minimum atomic E-state index is -0.283. The second-order valence-electron chi connectivity index (χ2n) is 6.44. The van der Waals surface area contributed by atoms with Crippen molar-refractivity contribution in [2.24, 2.45) is 5.92 Å². The van der Waals surface area contributed by atoms with Gasteiger partial charge in [-0.1, -0.05) is 13.8 Å². The summed E-state index contributed by atoms with van der Waals surface area (Å²) in [6, 6.07) is 0.234. The van der Waals surface area contributed by atoms with Crippen molar-refractivity contribution in [3.63, 3.8) is 0 Å². The quantitative estimate of drug-likeness (QED) is 0.824. The molecule has 1 saturated heterocycles. The van der Waals surface area contributed by atoms with Crippen LogP contribution in [0.3, 0.4) is 0 Å². The molecule has 0 bridgehead atoms. The topological polar surface area (TPSA) is 88.3 Å². The Bertz CT molecular complexity index is 578. The van der Waals surface area contributed by atoms with Crippen molar-refractivity contribution >= 4 is 11.8 Å². The SMILES string of the molecule is CCC(CC)N1C[C@@H](C(=O)NCc2nnc(C3CC3)o2)CC1=O. The van der Waals surface area contributed by atoms with E-state index in [0.717, 1.165) is 25.7 Å². The fraction of sp³-hybridized carbons (Fsp3) is 0.750. The minimum absolute atomic E-state index is 0.0765. The summed E-state index contributed by atoms with van der Waals surface area (Å²) in [6.07, 6.45) is 4.33. The molecule has 0 spiro atoms. The first-order chi connectivity index (χ1) is 11.1. The van der Waals surface area contributed by atoms with Crippen molar-refractivity contribution in [2.45, 2.75) is 64.5 Å². The number of amides is 2. The van der Waals surface area contributed by atoms with Crippen LogP contribution < -0.4 is 5.32 Å². The van der Waals surface area contributed by atoms with Crippen molar-refractivity contribution < 1.29 is 14.0 Å². The minimum Gasteiger partial charge on any atom is -0.423 e. The van der Waals surface area contributed by atoms with E-state index >= 15 is 0 Å². The Morgan fingerprint density at radius 2 is 2.09 bits per heavy atom. The van der Waals surface area contributed by atoms with E-state index in [1.54, 1.807) is 0 Å². The first-order valence-corrected chi connectivity index (χ1v) is 8.51. The lowest BCUT2D eigenvalue weighted by Gasteiger charge is -2.26. The molecular formula is C16H24N4O3. The number of nitrogens with zero attached hydrogens (tertiary/aromatic N) is 3. The van der Waals surface area contributed by atoms with E-state index in [1.807, 2.05) is 4.90 Å². The average Bonchev–Trinajstić information content (AvgIpc) is 3.17. The highest BCUT2D eigenvalue weighted by molar-refractivity contribution is 5.89. The van der Waals surface area contributed by atoms with Crippen LogP contribution in [0.25, 0.3) is 0 Å². The zero-order chi connectivity index (χ0) is 16.4. The van der Waals surface area contributed by atoms with Crippen LogP contribution in [0.1, 0.15) is 63.7 Å². The van der Waals surface area contributed by atoms with Gasteiger partial charge >= 0.3 is 0 Å². The third-order valence-corrected chi connectivity index (χ3v) is 4.74. The molecule has 1 atom stereocenters. The van der Waals surface area contributed by atoms with Gasteiger partial charge in [-0.05, 0) is 25.7 Å². The number of likely N-dealkylation sites (tertiary alicyclic amines) is 1. The van der Waals surface area contributed by atoms with E-state index in [-0.39, 0.29) is 30.3 Å². The van der Waals surface area contributed by atoms with Crippen LogP contribution in [0.4, 0.5) is 0 Å². The Morgan fingerprint density at radius 3 is 2.74 bits per heavy atom. The Kier molecular flexibility index (Phi) is 4.63. The van der Waals surface area contributed by atoms with Crippen molar-refractivity contribution in [1.29, 1.82) is 0 Å². The number of nitrogens with one attached hydrogen (secondary N) is 1. The molecule has 3 rings (SSSR count). The molecule has 1 N–H and O–H groups in total. The van der Waals surface area contributed by atoms with E-state index in [1.165, 1.54) is 0 Å². The maximum absolute atomic E-state index is 12.3. The molecular weight excluding hydrogens is 296 g/mol. The summed E-state index contributed by atoms with van der Waals surface area (Å²) < 4.78 is 5.52. The molecule has 23 heavy (non-hydrogen) atoms. The normalized spacial score (nSPS) is 21.3. The highest BCUT2D eigenvalue weighted by atomic mass is 16.4. The standard InChI is InChI=1S/C16H24N4O3/c1-3-12(4-2)20-9-11(7-14(20)21)15(22)17-8-13-18-19-16(23-13)10-5-6-10/h10-12H,3-9H2,1-2H3,(H,17,22)/t11-/m0/s1. The van der Waals surface area contributed by atoms with Gasteiger partial charge in [0.1, 0.15) is 0 Å². The van der Waals surface area contributed by atoms with Gasteiger partial charge in [-0.25, -0.2) is 0 Å². The largest absolute Gasteiger partial charge is 0.423 e. The van der Waals surface area contributed by atoms with E-state index in [2.05, 4.69) is 29.4 Å². The maximum atomic E-state index is 12.3. The molecule has 7 heteroatoms. The smallest absolute Gasteiger partial charge is 0.235 e. The second kappa shape index (κ2) is 6.68. The number of carbonyl (C=O) groups excluding carboxylic acids is 2. The van der Waals surface area contributed by atoms with Gasteiger partial charge in [-0.2, -0.15) is 0 Å². The monoisotopic (exact) mass is 320 g/mol. The van der Waals surface area contributed by atoms with Gasteiger partial charge in [0, 0.05) is 24.9 Å². The van der Waals surface area contributed by atoms with Crippen molar-refractivity contribution in [3.05, 3.63) is 11.8 Å². The highest BCUT2D eigenvalue weighted by Gasteiger charge is 2.37. The molecule has 2 heterocycles. The van der Waals surface area contributed by atoms with Gasteiger partial charge < -0.3 is 14.6 Å². The number of carbonyl (C=O) groups is 2. The summed E-state index contributed by atoms with van der Waals surface area (Å²) in [5.74, 6) is 1.19. The second-order valence-corrected chi connectivity index (χ2v) is 6.44. The van der Waals surface area contributed by atoms with Gasteiger partial charge in [-0.3, -0.25) is 9.59 Å². The highest BCUT2D eigenvalue weighted by Crippen LogP contribution is 2.38. The Morgan fingerprint density at radius 1 is 1.35 bits per heavy atom. The lowest BCUT2D eigenvalue weighted by atomic mass is 10.1. The van der Waals surface area contributed by atoms with Gasteiger partial charge in [0.15, 0.2) is 0 Å². The molecule has 1 aliphatic heterocycles. The molecule has 2 fully saturated rings. The Labute approximate surface area is 135 Å². The molecule has 0 unspecified atom stereocenters. The molecule has 1 aromatic rings. The van der Waals surface area contributed by atoms with E-state index in [4.69, 9.17) is 4.42 Å². The molecule has 1 aromatic heterocycles. The molecule has 126 valence electrons. The number of rotatable bonds is 7. The van der Waals surface area contributed by atoms with Gasteiger partial charge in [-0.15, -0.1) is 10.2 Å². The first-order valence-electron chi connectivity index (χ1n) is 8.51. The van der Waals surface area contributed by atoms with Crippen LogP contribution in [-0.2, 0) is 16.1 Å². The molecule has 0 aromatic carbocycles. The van der Waals surface area contributed by atoms with Crippen LogP contribution in [-0.4, -0.2) is 39.5 Å². The van der Waals surface area contributed by atoms with Crippen LogP contribution >= 0.6 is 0 Å². The summed E-state index contributed by atoms with van der Waals surface area (Å²) in [4.78, 5) is 26.2. The predicted molar refractivity (Wildman–Crippen MR) is 82.3 cm³/mol. The van der Waals surface area contributed by atoms with Gasteiger partial charge in [0.2, 0.25) is 23.6 Å². The first kappa shape index (κ1) is 16.0. The summed E-state index contributed by atoms with van der Waals surface area (Å²) in [6.45, 7) is 4.88. The zero-order valence-corrected chi connectivity index (χ0v) is 13.7. The third kappa shape index (κ3) is 3.54. The number of aromatic nitrogens is 2. The molecule has 2 amide bonds. The average molecular weight is 320 g/mol. The van der Waals surface area contributed by atoms with Crippen LogP contribution in [0.2, 0.25) is 0 Å². The molecule has 0 radical (unpaired) electrons. The summed E-state index contributed by atoms with van der Waals surface area (Å²) >= 11 is 0. The fourth-order valence-electron chi connectivity index (χ4n) is 3.13. The van der Waals surface area contributed by atoms with E-state index in [9.17, 15) is 9.59 Å². The Hall–Kier alpha value is -1.92. The Balaban J connectivity index is 1.51. The maximum Gasteiger partial charge on any atom is 0.235 e. The lowest BCUT2D eigenvalue weighted by Crippen LogP contribution is -2.37. The summed E-state index contributed by atoms with van der Waals surface area (Å²) in [7, 11) is 0. The van der Waals surface area contributed by atoms with Gasteiger partial charge in [0.05, 0.1) is 12.5 Å². The molecule has 1 aliphatic carbocycles. The fourth-order valence-corrected chi connectivity index (χ4v) is 3.13. The number of hydrogen-bond acceptors (Lipinski definition) is 5. The third-order valence-electron chi connectivity index (χ3n) is 4.74. The summed E-state index contributed by atoms with van der Waals surface area (Å²) in [5.41, 5.74) is 0. The molecule has 7 nitrogen and oxygen atoms in total. The number of hydrogen-bond donors (Lipinski definition) is 1. The molecule has 1 saturated carbocycles. The lowest BCUT2D eigenvalue weighted by molar-refractivity contribution is -0.130. The van der Waals surface area contributed by atoms with Crippen molar-refractivity contribution in [3.8, 4) is 0 Å². The van der Waals surface area contributed by atoms with Gasteiger partial charge in [0.25, 0.3) is 0 Å². The van der Waals surface area contributed by atoms with Crippen LogP contribution in [0.15, 0.2) is 4.42 Å². The van der Waals surface area contributed by atoms with Crippen LogP contribution in [0.5, 0.6) is 0 Å². The van der Waals surface area contributed by atoms with Crippen molar-refractivity contribution in [2.75, 3.05) is 6.54 Å². The zero-order valence-electron chi connectivity index (χ0n) is 13.7. The molecule has 2 aliphatic rings. The van der Waals surface area contributed by atoms with Crippen molar-refractivity contribution in [1.82, 2.24) is 20.4 Å². The predicted octanol–water partition coefficient (Wildman–Crippen LogP) is 1.60. The summed E-state index contributed by atoms with van der Waals surface area (Å²) in [5, 5.41) is 10.8.